The van der Waals surface area contributed by atoms with Crippen LogP contribution in [0, 0.1) is 0 Å². The number of hydrogen-bond donors (Lipinski definition) is 0. The first-order valence-electron chi connectivity index (χ1n) is 13.1. The summed E-state index contributed by atoms with van der Waals surface area (Å²) in [6, 6.07) is 8.70. The van der Waals surface area contributed by atoms with Crippen LogP contribution >= 0.6 is 0 Å². The number of piperidine rings is 1. The van der Waals surface area contributed by atoms with Crippen molar-refractivity contribution >= 4 is 16.8 Å². The molecule has 0 atom stereocenters. The highest BCUT2D eigenvalue weighted by Gasteiger charge is 2.29. The maximum absolute atomic E-state index is 13.1. The topological polar surface area (TPSA) is 73.4 Å². The summed E-state index contributed by atoms with van der Waals surface area (Å²) in [7, 11) is 0. The van der Waals surface area contributed by atoms with Crippen molar-refractivity contribution in [3.63, 3.8) is 0 Å². The van der Waals surface area contributed by atoms with Gasteiger partial charge in [0.2, 0.25) is 11.8 Å². The molecular formula is C27H34N4O3. The van der Waals surface area contributed by atoms with E-state index in [0.29, 0.717) is 12.3 Å². The molecule has 3 aliphatic rings. The second-order valence-corrected chi connectivity index (χ2v) is 10.1. The standard InChI is InChI=1S/C27H34N4O3/c32-25(11-16-31-23-7-3-1-5-21(23)22-6-2-4-8-24(22)31)30-14-9-20(10-15-30)27-28-26(29-34-27)19-12-17-33-18-13-19/h1,3,5,7,19-20H,2,4,6,8-18H2. The van der Waals surface area contributed by atoms with Gasteiger partial charge in [-0.25, -0.2) is 0 Å². The Bertz CT molecular complexity index is 1150. The highest BCUT2D eigenvalue weighted by atomic mass is 16.5. The molecule has 180 valence electrons. The molecule has 3 aromatic rings. The van der Waals surface area contributed by atoms with E-state index in [9.17, 15) is 4.79 Å². The van der Waals surface area contributed by atoms with Gasteiger partial charge in [0, 0.05) is 67.7 Å². The van der Waals surface area contributed by atoms with E-state index < -0.39 is 0 Å². The normalized spacial score (nSPS) is 20.1. The van der Waals surface area contributed by atoms with Gasteiger partial charge in [-0.3, -0.25) is 4.79 Å². The van der Waals surface area contributed by atoms with Crippen molar-refractivity contribution in [2.24, 2.45) is 0 Å². The number of amides is 1. The summed E-state index contributed by atoms with van der Waals surface area (Å²) in [6.45, 7) is 3.85. The van der Waals surface area contributed by atoms with Crippen molar-refractivity contribution < 1.29 is 14.1 Å². The molecule has 2 saturated heterocycles. The molecule has 0 spiro atoms. The third-order valence-electron chi connectivity index (χ3n) is 8.07. The second-order valence-electron chi connectivity index (χ2n) is 10.1. The van der Waals surface area contributed by atoms with Crippen LogP contribution in [0.4, 0.5) is 0 Å². The Morgan fingerprint density at radius 3 is 2.65 bits per heavy atom. The van der Waals surface area contributed by atoms with Crippen LogP contribution in [0.3, 0.4) is 0 Å². The lowest BCUT2D eigenvalue weighted by Gasteiger charge is -2.30. The largest absolute Gasteiger partial charge is 0.381 e. The Hall–Kier alpha value is -2.67. The Labute approximate surface area is 200 Å². The first-order chi connectivity index (χ1) is 16.8. The van der Waals surface area contributed by atoms with E-state index in [2.05, 4.69) is 34.0 Å². The van der Waals surface area contributed by atoms with E-state index in [0.717, 1.165) is 83.1 Å². The number of hydrogen-bond acceptors (Lipinski definition) is 5. The summed E-state index contributed by atoms with van der Waals surface area (Å²) in [4.78, 5) is 19.9. The van der Waals surface area contributed by atoms with E-state index in [4.69, 9.17) is 14.2 Å². The fourth-order valence-corrected chi connectivity index (χ4v) is 6.12. The molecule has 0 saturated carbocycles. The molecule has 2 aliphatic heterocycles. The van der Waals surface area contributed by atoms with Crippen LogP contribution in [0.5, 0.6) is 0 Å². The van der Waals surface area contributed by atoms with E-state index in [1.54, 1.807) is 0 Å². The summed E-state index contributed by atoms with van der Waals surface area (Å²) >= 11 is 0. The monoisotopic (exact) mass is 462 g/mol. The van der Waals surface area contributed by atoms with Gasteiger partial charge in [-0.05, 0) is 63.0 Å². The van der Waals surface area contributed by atoms with Gasteiger partial charge < -0.3 is 18.7 Å². The molecule has 6 rings (SSSR count). The van der Waals surface area contributed by atoms with Crippen LogP contribution in [0.2, 0.25) is 0 Å². The number of aryl methyl sites for hydroxylation is 2. The molecule has 34 heavy (non-hydrogen) atoms. The predicted molar refractivity (Wildman–Crippen MR) is 129 cm³/mol. The number of aromatic nitrogens is 3. The van der Waals surface area contributed by atoms with Crippen molar-refractivity contribution in [1.29, 1.82) is 0 Å². The van der Waals surface area contributed by atoms with Crippen LogP contribution in [-0.4, -0.2) is 51.8 Å². The highest BCUT2D eigenvalue weighted by molar-refractivity contribution is 5.86. The summed E-state index contributed by atoms with van der Waals surface area (Å²) in [5.74, 6) is 2.45. The van der Waals surface area contributed by atoms with Gasteiger partial charge in [-0.2, -0.15) is 4.98 Å². The second kappa shape index (κ2) is 9.53. The van der Waals surface area contributed by atoms with Gasteiger partial charge >= 0.3 is 0 Å². The average Bonchev–Trinajstić information content (AvgIpc) is 3.52. The Morgan fingerprint density at radius 1 is 1.00 bits per heavy atom. The molecule has 1 aromatic carbocycles. The van der Waals surface area contributed by atoms with Gasteiger partial charge in [0.1, 0.15) is 0 Å². The minimum Gasteiger partial charge on any atom is -0.381 e. The number of carbonyl (C=O) groups is 1. The number of likely N-dealkylation sites (tertiary alicyclic amines) is 1. The fourth-order valence-electron chi connectivity index (χ4n) is 6.12. The van der Waals surface area contributed by atoms with Crippen molar-refractivity contribution in [3.8, 4) is 0 Å². The molecule has 1 amide bonds. The SMILES string of the molecule is O=C(CCn1c2c(c3ccccc31)CCCC2)N1CCC(c2nc(C3CCOCC3)no2)CC1. The van der Waals surface area contributed by atoms with Crippen molar-refractivity contribution in [2.45, 2.75) is 76.2 Å². The molecular weight excluding hydrogens is 428 g/mol. The average molecular weight is 463 g/mol. The molecule has 1 aliphatic carbocycles. The van der Waals surface area contributed by atoms with Crippen LogP contribution in [0.25, 0.3) is 10.9 Å². The summed E-state index contributed by atoms with van der Waals surface area (Å²) in [5.41, 5.74) is 4.25. The number of rotatable bonds is 5. The van der Waals surface area contributed by atoms with Crippen molar-refractivity contribution in [2.75, 3.05) is 26.3 Å². The molecule has 2 aromatic heterocycles. The lowest BCUT2D eigenvalue weighted by atomic mass is 9.95. The number of nitrogens with zero attached hydrogens (tertiary/aromatic N) is 4. The Balaban J connectivity index is 1.06. The lowest BCUT2D eigenvalue weighted by Crippen LogP contribution is -2.38. The van der Waals surface area contributed by atoms with Gasteiger partial charge in [0.15, 0.2) is 5.82 Å². The molecule has 4 heterocycles. The van der Waals surface area contributed by atoms with Gasteiger partial charge in [0.25, 0.3) is 0 Å². The molecule has 0 radical (unpaired) electrons. The Morgan fingerprint density at radius 2 is 1.79 bits per heavy atom. The van der Waals surface area contributed by atoms with Crippen LogP contribution in [-0.2, 0) is 28.9 Å². The first-order valence-corrected chi connectivity index (χ1v) is 13.1. The van der Waals surface area contributed by atoms with Gasteiger partial charge in [-0.1, -0.05) is 23.4 Å². The van der Waals surface area contributed by atoms with E-state index >= 15 is 0 Å². The number of fused-ring (bicyclic) bond motifs is 3. The molecule has 7 nitrogen and oxygen atoms in total. The quantitative estimate of drug-likeness (QED) is 0.554. The third-order valence-corrected chi connectivity index (χ3v) is 8.07. The van der Waals surface area contributed by atoms with Crippen molar-refractivity contribution in [1.82, 2.24) is 19.6 Å². The zero-order valence-electron chi connectivity index (χ0n) is 19.9. The van der Waals surface area contributed by atoms with E-state index in [-0.39, 0.29) is 11.8 Å². The number of ether oxygens (including phenoxy) is 1. The minimum atomic E-state index is 0.255. The number of para-hydroxylation sites is 1. The molecule has 2 fully saturated rings. The van der Waals surface area contributed by atoms with E-state index in [1.807, 2.05) is 4.90 Å². The zero-order chi connectivity index (χ0) is 22.9. The fraction of sp³-hybridized carbons (Fsp3) is 0.593. The van der Waals surface area contributed by atoms with Gasteiger partial charge in [0.05, 0.1) is 0 Å². The molecule has 0 unspecified atom stereocenters. The molecule has 0 bridgehead atoms. The Kier molecular flexibility index (Phi) is 6.12. The smallest absolute Gasteiger partial charge is 0.229 e. The number of carbonyl (C=O) groups excluding carboxylic acids is 1. The third kappa shape index (κ3) is 4.15. The highest BCUT2D eigenvalue weighted by Crippen LogP contribution is 2.33. The molecule has 7 heteroatoms. The minimum absolute atomic E-state index is 0.255. The van der Waals surface area contributed by atoms with Crippen LogP contribution < -0.4 is 0 Å². The van der Waals surface area contributed by atoms with E-state index in [1.165, 1.54) is 35.0 Å². The zero-order valence-corrected chi connectivity index (χ0v) is 19.9. The van der Waals surface area contributed by atoms with Crippen LogP contribution in [0.1, 0.15) is 79.8 Å². The predicted octanol–water partition coefficient (Wildman–Crippen LogP) is 4.59. The number of benzene rings is 1. The maximum atomic E-state index is 13.1. The molecule has 0 N–H and O–H groups in total. The van der Waals surface area contributed by atoms with Gasteiger partial charge in [-0.15, -0.1) is 0 Å². The van der Waals surface area contributed by atoms with Crippen molar-refractivity contribution in [3.05, 3.63) is 47.2 Å². The lowest BCUT2D eigenvalue weighted by molar-refractivity contribution is -0.132. The summed E-state index contributed by atoms with van der Waals surface area (Å²) in [6.07, 6.45) is 9.08. The summed E-state index contributed by atoms with van der Waals surface area (Å²) in [5, 5.41) is 5.64. The van der Waals surface area contributed by atoms with Crippen LogP contribution in [0.15, 0.2) is 28.8 Å². The maximum Gasteiger partial charge on any atom is 0.229 e. The summed E-state index contributed by atoms with van der Waals surface area (Å²) < 4.78 is 13.5. The first kappa shape index (κ1) is 21.8.